The molecule has 98 valence electrons. The van der Waals surface area contributed by atoms with Gasteiger partial charge >= 0.3 is 0 Å². The van der Waals surface area contributed by atoms with Gasteiger partial charge in [-0.25, -0.2) is 0 Å². The Hall–Kier alpha value is -1.21. The van der Waals surface area contributed by atoms with Crippen molar-refractivity contribution in [3.8, 4) is 0 Å². The van der Waals surface area contributed by atoms with Crippen LogP contribution in [0.4, 0.5) is 11.4 Å². The molecule has 0 atom stereocenters. The van der Waals surface area contributed by atoms with E-state index in [4.69, 9.17) is 5.73 Å². The maximum absolute atomic E-state index is 11.8. The van der Waals surface area contributed by atoms with Gasteiger partial charge in [-0.05, 0) is 65.1 Å². The molecule has 0 aliphatic rings. The second kappa shape index (κ2) is 6.81. The van der Waals surface area contributed by atoms with Crippen LogP contribution < -0.4 is 11.1 Å². The SMILES string of the molecule is Nc1ccc(SCC(=O)Nc2cccc(I)c2)cc1. The number of carbonyl (C=O) groups excluding carboxylic acids is 1. The van der Waals surface area contributed by atoms with Gasteiger partial charge in [-0.1, -0.05) is 6.07 Å². The van der Waals surface area contributed by atoms with E-state index < -0.39 is 0 Å². The third kappa shape index (κ3) is 4.76. The van der Waals surface area contributed by atoms with E-state index in [2.05, 4.69) is 27.9 Å². The summed E-state index contributed by atoms with van der Waals surface area (Å²) in [4.78, 5) is 12.8. The molecule has 2 aromatic rings. The highest BCUT2D eigenvalue weighted by Crippen LogP contribution is 2.19. The lowest BCUT2D eigenvalue weighted by Gasteiger charge is -2.05. The van der Waals surface area contributed by atoms with Crippen molar-refractivity contribution in [1.82, 2.24) is 0 Å². The molecule has 0 aliphatic heterocycles. The van der Waals surface area contributed by atoms with Gasteiger partial charge in [-0.15, -0.1) is 11.8 Å². The lowest BCUT2D eigenvalue weighted by Crippen LogP contribution is -2.13. The fourth-order valence-electron chi connectivity index (χ4n) is 1.48. The van der Waals surface area contributed by atoms with E-state index in [1.807, 2.05) is 48.5 Å². The molecule has 0 saturated carbocycles. The average molecular weight is 384 g/mol. The zero-order chi connectivity index (χ0) is 13.7. The molecular formula is C14H13IN2OS. The number of nitrogens with one attached hydrogen (secondary N) is 1. The maximum atomic E-state index is 11.8. The van der Waals surface area contributed by atoms with Crippen molar-refractivity contribution in [2.75, 3.05) is 16.8 Å². The third-order valence-corrected chi connectivity index (χ3v) is 4.04. The van der Waals surface area contributed by atoms with Crippen LogP contribution in [0.3, 0.4) is 0 Å². The Kier molecular flexibility index (Phi) is 5.09. The zero-order valence-electron chi connectivity index (χ0n) is 10.1. The highest BCUT2D eigenvalue weighted by molar-refractivity contribution is 14.1. The number of amides is 1. The van der Waals surface area contributed by atoms with Crippen molar-refractivity contribution in [3.05, 3.63) is 52.1 Å². The molecule has 3 nitrogen and oxygen atoms in total. The molecule has 0 bridgehead atoms. The van der Waals surface area contributed by atoms with Gasteiger partial charge in [0.25, 0.3) is 0 Å². The third-order valence-electron chi connectivity index (χ3n) is 2.36. The monoisotopic (exact) mass is 384 g/mol. The predicted octanol–water partition coefficient (Wildman–Crippen LogP) is 3.60. The molecule has 5 heteroatoms. The summed E-state index contributed by atoms with van der Waals surface area (Å²) in [5.74, 6) is 0.374. The first-order valence-electron chi connectivity index (χ1n) is 5.67. The van der Waals surface area contributed by atoms with Gasteiger partial charge in [0.1, 0.15) is 0 Å². The normalized spacial score (nSPS) is 10.2. The Morgan fingerprint density at radius 2 is 1.95 bits per heavy atom. The van der Waals surface area contributed by atoms with Crippen LogP contribution in [0, 0.1) is 3.57 Å². The Bertz CT molecular complexity index is 572. The first-order chi connectivity index (χ1) is 9.13. The van der Waals surface area contributed by atoms with Gasteiger partial charge in [0.15, 0.2) is 0 Å². The number of hydrogen-bond donors (Lipinski definition) is 2. The fourth-order valence-corrected chi connectivity index (χ4v) is 2.72. The number of hydrogen-bond acceptors (Lipinski definition) is 3. The van der Waals surface area contributed by atoms with Crippen LogP contribution >= 0.6 is 34.4 Å². The molecule has 0 fully saturated rings. The smallest absolute Gasteiger partial charge is 0.234 e. The molecule has 1 amide bonds. The summed E-state index contributed by atoms with van der Waals surface area (Å²) in [7, 11) is 0. The van der Waals surface area contributed by atoms with Crippen LogP contribution in [0.15, 0.2) is 53.4 Å². The zero-order valence-corrected chi connectivity index (χ0v) is 13.1. The molecule has 2 aromatic carbocycles. The Balaban J connectivity index is 1.86. The van der Waals surface area contributed by atoms with Crippen LogP contribution in [0.25, 0.3) is 0 Å². The fraction of sp³-hybridized carbons (Fsp3) is 0.0714. The number of rotatable bonds is 4. The number of carbonyl (C=O) groups is 1. The molecule has 0 unspecified atom stereocenters. The van der Waals surface area contributed by atoms with Crippen molar-refractivity contribution in [3.63, 3.8) is 0 Å². The standard InChI is InChI=1S/C14H13IN2OS/c15-10-2-1-3-12(8-10)17-14(18)9-19-13-6-4-11(16)5-7-13/h1-8H,9,16H2,(H,17,18). The summed E-state index contributed by atoms with van der Waals surface area (Å²) >= 11 is 3.71. The van der Waals surface area contributed by atoms with E-state index in [0.29, 0.717) is 5.75 Å². The quantitative estimate of drug-likeness (QED) is 0.481. The highest BCUT2D eigenvalue weighted by Gasteiger charge is 2.04. The van der Waals surface area contributed by atoms with Gasteiger partial charge < -0.3 is 11.1 Å². The molecule has 0 radical (unpaired) electrons. The van der Waals surface area contributed by atoms with E-state index in [1.165, 1.54) is 11.8 Å². The van der Waals surface area contributed by atoms with E-state index >= 15 is 0 Å². The van der Waals surface area contributed by atoms with E-state index in [0.717, 1.165) is 19.8 Å². The Morgan fingerprint density at radius 1 is 1.21 bits per heavy atom. The molecule has 3 N–H and O–H groups in total. The van der Waals surface area contributed by atoms with Crippen LogP contribution in [0.1, 0.15) is 0 Å². The molecule has 0 aliphatic carbocycles. The minimum Gasteiger partial charge on any atom is -0.399 e. The minimum absolute atomic E-state index is 0.0103. The lowest BCUT2D eigenvalue weighted by atomic mass is 10.3. The number of nitrogen functional groups attached to an aromatic ring is 1. The summed E-state index contributed by atoms with van der Waals surface area (Å²) in [5.41, 5.74) is 7.17. The molecule has 0 spiro atoms. The first kappa shape index (κ1) is 14.2. The Morgan fingerprint density at radius 3 is 2.63 bits per heavy atom. The van der Waals surface area contributed by atoms with E-state index in [1.54, 1.807) is 0 Å². The molecule has 19 heavy (non-hydrogen) atoms. The molecule has 0 saturated heterocycles. The topological polar surface area (TPSA) is 55.1 Å². The van der Waals surface area contributed by atoms with Gasteiger partial charge in [0.05, 0.1) is 5.75 Å². The maximum Gasteiger partial charge on any atom is 0.234 e. The second-order valence-electron chi connectivity index (χ2n) is 3.92. The number of halogens is 1. The van der Waals surface area contributed by atoms with Crippen molar-refractivity contribution < 1.29 is 4.79 Å². The van der Waals surface area contributed by atoms with Gasteiger partial charge in [-0.2, -0.15) is 0 Å². The molecule has 0 aromatic heterocycles. The number of benzene rings is 2. The second-order valence-corrected chi connectivity index (χ2v) is 6.21. The van der Waals surface area contributed by atoms with Crippen LogP contribution in [0.5, 0.6) is 0 Å². The molecule has 2 rings (SSSR count). The number of thioether (sulfide) groups is 1. The summed E-state index contributed by atoms with van der Waals surface area (Å²) in [6, 6.07) is 15.2. The number of anilines is 2. The minimum atomic E-state index is -0.0103. The number of nitrogens with two attached hydrogens (primary N) is 1. The van der Waals surface area contributed by atoms with Crippen LogP contribution in [-0.4, -0.2) is 11.7 Å². The summed E-state index contributed by atoms with van der Waals surface area (Å²) in [6.07, 6.45) is 0. The van der Waals surface area contributed by atoms with Gasteiger partial charge in [0.2, 0.25) is 5.91 Å². The van der Waals surface area contributed by atoms with Crippen molar-refractivity contribution in [2.24, 2.45) is 0 Å². The Labute approximate surface area is 130 Å². The lowest BCUT2D eigenvalue weighted by molar-refractivity contribution is -0.113. The largest absolute Gasteiger partial charge is 0.399 e. The summed E-state index contributed by atoms with van der Waals surface area (Å²) in [5, 5.41) is 2.88. The van der Waals surface area contributed by atoms with Gasteiger partial charge in [0, 0.05) is 19.8 Å². The molecule has 0 heterocycles. The van der Waals surface area contributed by atoms with E-state index in [9.17, 15) is 4.79 Å². The average Bonchev–Trinajstić information content (AvgIpc) is 2.38. The van der Waals surface area contributed by atoms with Crippen molar-refractivity contribution in [1.29, 1.82) is 0 Å². The highest BCUT2D eigenvalue weighted by atomic mass is 127. The van der Waals surface area contributed by atoms with Crippen LogP contribution in [0.2, 0.25) is 0 Å². The summed E-state index contributed by atoms with van der Waals surface area (Å²) < 4.78 is 1.10. The van der Waals surface area contributed by atoms with E-state index in [-0.39, 0.29) is 5.91 Å². The van der Waals surface area contributed by atoms with Crippen molar-refractivity contribution in [2.45, 2.75) is 4.90 Å². The van der Waals surface area contributed by atoms with Crippen molar-refractivity contribution >= 4 is 51.6 Å². The van der Waals surface area contributed by atoms with Gasteiger partial charge in [-0.3, -0.25) is 4.79 Å². The summed E-state index contributed by atoms with van der Waals surface area (Å²) in [6.45, 7) is 0. The molecular weight excluding hydrogens is 371 g/mol. The van der Waals surface area contributed by atoms with Crippen LogP contribution in [-0.2, 0) is 4.79 Å². The predicted molar refractivity (Wildman–Crippen MR) is 89.4 cm³/mol. The first-order valence-corrected chi connectivity index (χ1v) is 7.74.